The lowest BCUT2D eigenvalue weighted by atomic mass is 10.2. The minimum Gasteiger partial charge on any atom is -0.352 e. The van der Waals surface area contributed by atoms with Gasteiger partial charge in [-0.05, 0) is 19.9 Å². The summed E-state index contributed by atoms with van der Waals surface area (Å²) in [5.74, 6) is 0.763. The van der Waals surface area contributed by atoms with Gasteiger partial charge in [-0.2, -0.15) is 10.2 Å². The van der Waals surface area contributed by atoms with E-state index in [9.17, 15) is 0 Å². The second-order valence-electron chi connectivity index (χ2n) is 5.00. The van der Waals surface area contributed by atoms with Crippen molar-refractivity contribution in [1.29, 1.82) is 0 Å². The van der Waals surface area contributed by atoms with Gasteiger partial charge in [-0.3, -0.25) is 14.4 Å². The lowest BCUT2D eigenvalue weighted by molar-refractivity contribution is 0.684. The standard InChI is InChI=1S/C14H23N7/c1-10-13(11(2)20(4)19-10)9-17-14(15-3)16-8-12-6-7-18-21(12)5/h6-7H,8-9H2,1-5H3,(H2,15,16,17). The first-order valence-electron chi connectivity index (χ1n) is 6.93. The Balaban J connectivity index is 1.93. The van der Waals surface area contributed by atoms with Crippen molar-refractivity contribution in [3.63, 3.8) is 0 Å². The number of nitrogens with one attached hydrogen (secondary N) is 2. The molecule has 2 N–H and O–H groups in total. The summed E-state index contributed by atoms with van der Waals surface area (Å²) < 4.78 is 3.74. The van der Waals surface area contributed by atoms with E-state index < -0.39 is 0 Å². The van der Waals surface area contributed by atoms with E-state index in [4.69, 9.17) is 0 Å². The molecule has 0 saturated carbocycles. The monoisotopic (exact) mass is 289 g/mol. The van der Waals surface area contributed by atoms with Gasteiger partial charge in [-0.25, -0.2) is 0 Å². The van der Waals surface area contributed by atoms with Crippen molar-refractivity contribution in [3.05, 3.63) is 34.9 Å². The number of hydrogen-bond acceptors (Lipinski definition) is 3. The maximum absolute atomic E-state index is 4.42. The molecular formula is C14H23N7. The molecule has 0 aromatic carbocycles. The van der Waals surface area contributed by atoms with Gasteiger partial charge in [0.2, 0.25) is 0 Å². The number of hydrogen-bond donors (Lipinski definition) is 2. The summed E-state index contributed by atoms with van der Waals surface area (Å²) in [4.78, 5) is 4.24. The lowest BCUT2D eigenvalue weighted by Gasteiger charge is -2.12. The first-order chi connectivity index (χ1) is 10.0. The minimum atomic E-state index is 0.682. The highest BCUT2D eigenvalue weighted by Crippen LogP contribution is 2.10. The Hall–Kier alpha value is -2.31. The summed E-state index contributed by atoms with van der Waals surface area (Å²) in [5, 5.41) is 15.2. The molecule has 2 heterocycles. The van der Waals surface area contributed by atoms with Crippen LogP contribution in [0.4, 0.5) is 0 Å². The Morgan fingerprint density at radius 2 is 1.90 bits per heavy atom. The normalized spacial score (nSPS) is 11.8. The van der Waals surface area contributed by atoms with E-state index in [0.29, 0.717) is 13.1 Å². The van der Waals surface area contributed by atoms with Crippen molar-refractivity contribution in [2.45, 2.75) is 26.9 Å². The number of nitrogens with zero attached hydrogens (tertiary/aromatic N) is 5. The largest absolute Gasteiger partial charge is 0.352 e. The Kier molecular flexibility index (Phi) is 4.62. The second-order valence-corrected chi connectivity index (χ2v) is 5.00. The van der Waals surface area contributed by atoms with E-state index in [-0.39, 0.29) is 0 Å². The molecule has 21 heavy (non-hydrogen) atoms. The molecule has 7 heteroatoms. The van der Waals surface area contributed by atoms with Gasteiger partial charge >= 0.3 is 0 Å². The van der Waals surface area contributed by atoms with Gasteiger partial charge in [0.1, 0.15) is 0 Å². The summed E-state index contributed by atoms with van der Waals surface area (Å²) in [6, 6.07) is 1.98. The number of rotatable bonds is 4. The zero-order valence-corrected chi connectivity index (χ0v) is 13.3. The molecule has 0 aliphatic rings. The number of aryl methyl sites for hydroxylation is 3. The highest BCUT2D eigenvalue weighted by molar-refractivity contribution is 5.79. The summed E-state index contributed by atoms with van der Waals surface area (Å²) in [6.45, 7) is 5.48. The van der Waals surface area contributed by atoms with Gasteiger partial charge in [0.05, 0.1) is 17.9 Å². The average Bonchev–Trinajstić information content (AvgIpc) is 2.96. The quantitative estimate of drug-likeness (QED) is 0.640. The van der Waals surface area contributed by atoms with Crippen LogP contribution in [0.3, 0.4) is 0 Å². The van der Waals surface area contributed by atoms with Crippen LogP contribution in [0.25, 0.3) is 0 Å². The van der Waals surface area contributed by atoms with Crippen LogP contribution >= 0.6 is 0 Å². The van der Waals surface area contributed by atoms with E-state index in [2.05, 4.69) is 32.7 Å². The molecule has 0 unspecified atom stereocenters. The van der Waals surface area contributed by atoms with Crippen molar-refractivity contribution >= 4 is 5.96 Å². The Morgan fingerprint density at radius 3 is 2.43 bits per heavy atom. The zero-order chi connectivity index (χ0) is 15.4. The molecular weight excluding hydrogens is 266 g/mol. The van der Waals surface area contributed by atoms with E-state index in [1.54, 1.807) is 13.2 Å². The number of aliphatic imine (C=N–C) groups is 1. The van der Waals surface area contributed by atoms with Crippen LogP contribution in [0.1, 0.15) is 22.6 Å². The second kappa shape index (κ2) is 6.43. The molecule has 0 aliphatic heterocycles. The highest BCUT2D eigenvalue weighted by Gasteiger charge is 2.09. The first-order valence-corrected chi connectivity index (χ1v) is 6.93. The van der Waals surface area contributed by atoms with Crippen molar-refractivity contribution in [2.24, 2.45) is 19.1 Å². The molecule has 114 valence electrons. The molecule has 0 atom stereocenters. The molecule has 0 amide bonds. The third kappa shape index (κ3) is 3.42. The molecule has 7 nitrogen and oxygen atoms in total. The molecule has 2 rings (SSSR count). The molecule has 0 aliphatic carbocycles. The van der Waals surface area contributed by atoms with Gasteiger partial charge in [0.25, 0.3) is 0 Å². The Morgan fingerprint density at radius 1 is 1.19 bits per heavy atom. The summed E-state index contributed by atoms with van der Waals surface area (Å²) >= 11 is 0. The Labute approximate surface area is 125 Å². The van der Waals surface area contributed by atoms with Crippen LogP contribution in [0, 0.1) is 13.8 Å². The summed E-state index contributed by atoms with van der Waals surface area (Å²) in [5.41, 5.74) is 4.53. The van der Waals surface area contributed by atoms with Crippen molar-refractivity contribution < 1.29 is 0 Å². The predicted octanol–water partition coefficient (Wildman–Crippen LogP) is 0.636. The van der Waals surface area contributed by atoms with Gasteiger partial charge in [0, 0.05) is 45.1 Å². The van der Waals surface area contributed by atoms with Gasteiger partial charge < -0.3 is 10.6 Å². The minimum absolute atomic E-state index is 0.682. The van der Waals surface area contributed by atoms with Crippen LogP contribution < -0.4 is 10.6 Å². The Bertz CT molecular complexity index is 636. The van der Waals surface area contributed by atoms with Gasteiger partial charge in [-0.15, -0.1) is 0 Å². The van der Waals surface area contributed by atoms with Crippen LogP contribution in [0.15, 0.2) is 17.3 Å². The third-order valence-corrected chi connectivity index (χ3v) is 3.67. The summed E-state index contributed by atoms with van der Waals surface area (Å²) in [7, 11) is 5.65. The fourth-order valence-electron chi connectivity index (χ4n) is 2.22. The number of guanidine groups is 1. The van der Waals surface area contributed by atoms with Crippen LogP contribution in [-0.2, 0) is 27.2 Å². The average molecular weight is 289 g/mol. The molecule has 2 aromatic heterocycles. The van der Waals surface area contributed by atoms with E-state index in [1.165, 1.54) is 11.3 Å². The van der Waals surface area contributed by atoms with Crippen LogP contribution in [0.2, 0.25) is 0 Å². The smallest absolute Gasteiger partial charge is 0.191 e. The fourth-order valence-corrected chi connectivity index (χ4v) is 2.22. The maximum Gasteiger partial charge on any atom is 0.191 e. The number of aromatic nitrogens is 4. The predicted molar refractivity (Wildman–Crippen MR) is 82.9 cm³/mol. The summed E-state index contributed by atoms with van der Waals surface area (Å²) in [6.07, 6.45) is 1.79. The van der Waals surface area contributed by atoms with E-state index in [0.717, 1.165) is 17.3 Å². The molecule has 0 fully saturated rings. The third-order valence-electron chi connectivity index (χ3n) is 3.67. The molecule has 0 spiro atoms. The lowest BCUT2D eigenvalue weighted by Crippen LogP contribution is -2.37. The fraction of sp³-hybridized carbons (Fsp3) is 0.500. The molecule has 2 aromatic rings. The first kappa shape index (κ1) is 15.1. The van der Waals surface area contributed by atoms with E-state index >= 15 is 0 Å². The van der Waals surface area contributed by atoms with E-state index in [1.807, 2.05) is 36.4 Å². The molecule has 0 bridgehead atoms. The zero-order valence-electron chi connectivity index (χ0n) is 13.3. The molecule has 0 saturated heterocycles. The highest BCUT2D eigenvalue weighted by atomic mass is 15.3. The van der Waals surface area contributed by atoms with Crippen LogP contribution in [0.5, 0.6) is 0 Å². The SMILES string of the molecule is CN=C(NCc1c(C)nn(C)c1C)NCc1ccnn1C. The van der Waals surface area contributed by atoms with Crippen molar-refractivity contribution in [1.82, 2.24) is 30.2 Å². The van der Waals surface area contributed by atoms with Gasteiger partial charge in [-0.1, -0.05) is 0 Å². The topological polar surface area (TPSA) is 72.1 Å². The van der Waals surface area contributed by atoms with Gasteiger partial charge in [0.15, 0.2) is 5.96 Å². The van der Waals surface area contributed by atoms with Crippen LogP contribution in [-0.4, -0.2) is 32.6 Å². The van der Waals surface area contributed by atoms with Crippen molar-refractivity contribution in [2.75, 3.05) is 7.05 Å². The maximum atomic E-state index is 4.42. The molecule has 0 radical (unpaired) electrons. The van der Waals surface area contributed by atoms with Crippen molar-refractivity contribution in [3.8, 4) is 0 Å².